The van der Waals surface area contributed by atoms with Crippen LogP contribution in [0.3, 0.4) is 0 Å². The first-order valence-corrected chi connectivity index (χ1v) is 8.96. The predicted octanol–water partition coefficient (Wildman–Crippen LogP) is 1.86. The molecule has 0 fully saturated rings. The van der Waals surface area contributed by atoms with Gasteiger partial charge in [-0.15, -0.1) is 0 Å². The van der Waals surface area contributed by atoms with Crippen LogP contribution in [-0.4, -0.2) is 36.2 Å². The third-order valence-electron chi connectivity index (χ3n) is 3.77. The molecule has 8 heteroatoms. The molecule has 0 saturated heterocycles. The van der Waals surface area contributed by atoms with Crippen LogP contribution in [0.25, 0.3) is 0 Å². The van der Waals surface area contributed by atoms with Crippen molar-refractivity contribution in [2.45, 2.75) is 44.2 Å². The maximum absolute atomic E-state index is 13.5. The monoisotopic (exact) mass is 345 g/mol. The molecule has 0 radical (unpaired) electrons. The number of hydrogen-bond donors (Lipinski definition) is 2. The fraction of sp³-hybridized carbons (Fsp3) is 0.533. The second-order valence-corrected chi connectivity index (χ2v) is 8.51. The van der Waals surface area contributed by atoms with E-state index in [-0.39, 0.29) is 5.75 Å². The first-order valence-electron chi connectivity index (χ1n) is 7.24. The SMILES string of the molecule is CCS(=O)(=O)C(NC1CC(C)(C)Oc2ccc(F)cc21)C(=O)O. The van der Waals surface area contributed by atoms with E-state index in [0.29, 0.717) is 17.7 Å². The number of rotatable bonds is 5. The van der Waals surface area contributed by atoms with Crippen LogP contribution in [0.1, 0.15) is 38.8 Å². The number of aliphatic carboxylic acids is 1. The van der Waals surface area contributed by atoms with Crippen molar-refractivity contribution in [2.24, 2.45) is 0 Å². The molecule has 1 aromatic carbocycles. The Hall–Kier alpha value is -1.67. The summed E-state index contributed by atoms with van der Waals surface area (Å²) in [5.74, 6) is -1.86. The van der Waals surface area contributed by atoms with Gasteiger partial charge >= 0.3 is 5.97 Å². The number of sulfone groups is 1. The number of benzene rings is 1. The maximum atomic E-state index is 13.5. The van der Waals surface area contributed by atoms with E-state index in [0.717, 1.165) is 0 Å². The number of ether oxygens (including phenoxy) is 1. The molecular formula is C15H20FNO5S. The van der Waals surface area contributed by atoms with Crippen LogP contribution in [0.5, 0.6) is 5.75 Å². The molecule has 0 amide bonds. The zero-order chi connectivity index (χ0) is 17.4. The Bertz CT molecular complexity index is 717. The second kappa shape index (κ2) is 6.09. The highest BCUT2D eigenvalue weighted by Gasteiger charge is 2.39. The molecule has 2 atom stereocenters. The Labute approximate surface area is 134 Å². The maximum Gasteiger partial charge on any atom is 0.336 e. The van der Waals surface area contributed by atoms with Crippen molar-refractivity contribution in [1.29, 1.82) is 0 Å². The van der Waals surface area contributed by atoms with Crippen LogP contribution < -0.4 is 10.1 Å². The number of carboxylic acids is 1. The predicted molar refractivity (Wildman–Crippen MR) is 82.5 cm³/mol. The average Bonchev–Trinajstić information content (AvgIpc) is 2.43. The van der Waals surface area contributed by atoms with Crippen LogP contribution in [0.15, 0.2) is 18.2 Å². The third-order valence-corrected chi connectivity index (χ3v) is 5.63. The summed E-state index contributed by atoms with van der Waals surface area (Å²) in [5.41, 5.74) is -0.219. The van der Waals surface area contributed by atoms with Crippen LogP contribution in [0.4, 0.5) is 4.39 Å². The lowest BCUT2D eigenvalue weighted by atomic mass is 9.89. The van der Waals surface area contributed by atoms with Gasteiger partial charge in [0.15, 0.2) is 9.84 Å². The molecule has 0 aromatic heterocycles. The third kappa shape index (κ3) is 3.81. The van der Waals surface area contributed by atoms with E-state index in [4.69, 9.17) is 4.74 Å². The second-order valence-electron chi connectivity index (χ2n) is 6.14. The summed E-state index contributed by atoms with van der Waals surface area (Å²) in [4.78, 5) is 11.4. The summed E-state index contributed by atoms with van der Waals surface area (Å²) in [6.45, 7) is 4.99. The van der Waals surface area contributed by atoms with E-state index in [1.807, 2.05) is 0 Å². The fourth-order valence-corrected chi connectivity index (χ4v) is 3.66. The number of carboxylic acid groups (broad SMARTS) is 1. The van der Waals surface area contributed by atoms with Gasteiger partial charge in [-0.3, -0.25) is 5.32 Å². The molecule has 23 heavy (non-hydrogen) atoms. The summed E-state index contributed by atoms with van der Waals surface area (Å²) < 4.78 is 43.3. The molecule has 1 aliphatic rings. The molecule has 2 N–H and O–H groups in total. The van der Waals surface area contributed by atoms with Gasteiger partial charge in [-0.2, -0.15) is 0 Å². The first-order chi connectivity index (χ1) is 10.6. The van der Waals surface area contributed by atoms with Crippen molar-refractivity contribution in [3.05, 3.63) is 29.6 Å². The van der Waals surface area contributed by atoms with Gasteiger partial charge in [0.25, 0.3) is 0 Å². The zero-order valence-corrected chi connectivity index (χ0v) is 14.0. The highest BCUT2D eigenvalue weighted by molar-refractivity contribution is 7.92. The molecule has 1 aliphatic heterocycles. The van der Waals surface area contributed by atoms with Crippen LogP contribution in [-0.2, 0) is 14.6 Å². The number of carbonyl (C=O) groups is 1. The van der Waals surface area contributed by atoms with Crippen molar-refractivity contribution < 1.29 is 27.4 Å². The minimum Gasteiger partial charge on any atom is -0.487 e. The lowest BCUT2D eigenvalue weighted by Gasteiger charge is -2.38. The highest BCUT2D eigenvalue weighted by atomic mass is 32.2. The van der Waals surface area contributed by atoms with Crippen LogP contribution in [0.2, 0.25) is 0 Å². The van der Waals surface area contributed by atoms with Gasteiger partial charge in [-0.1, -0.05) is 6.92 Å². The van der Waals surface area contributed by atoms with E-state index in [1.54, 1.807) is 13.8 Å². The summed E-state index contributed by atoms with van der Waals surface area (Å²) in [5, 5.41) is 10.2. The molecule has 1 aromatic rings. The van der Waals surface area contributed by atoms with E-state index in [1.165, 1.54) is 25.1 Å². The van der Waals surface area contributed by atoms with E-state index >= 15 is 0 Å². The van der Waals surface area contributed by atoms with E-state index < -0.39 is 38.6 Å². The number of nitrogens with one attached hydrogen (secondary N) is 1. The van der Waals surface area contributed by atoms with Gasteiger partial charge < -0.3 is 9.84 Å². The number of fused-ring (bicyclic) bond motifs is 1. The fourth-order valence-electron chi connectivity index (χ4n) is 2.65. The summed E-state index contributed by atoms with van der Waals surface area (Å²) in [6.07, 6.45) is 0.312. The molecule has 128 valence electrons. The average molecular weight is 345 g/mol. The largest absolute Gasteiger partial charge is 0.487 e. The molecular weight excluding hydrogens is 325 g/mol. The minimum atomic E-state index is -3.85. The topological polar surface area (TPSA) is 92.7 Å². The quantitative estimate of drug-likeness (QED) is 0.846. The lowest BCUT2D eigenvalue weighted by Crippen LogP contribution is -2.49. The molecule has 0 aliphatic carbocycles. The molecule has 1 heterocycles. The Balaban J connectivity index is 2.42. The Morgan fingerprint density at radius 3 is 2.74 bits per heavy atom. The smallest absolute Gasteiger partial charge is 0.336 e. The normalized spacial score (nSPS) is 21.1. The summed E-state index contributed by atoms with van der Waals surface area (Å²) >= 11 is 0. The first kappa shape index (κ1) is 17.7. The van der Waals surface area contributed by atoms with Crippen molar-refractivity contribution in [2.75, 3.05) is 5.75 Å². The lowest BCUT2D eigenvalue weighted by molar-refractivity contribution is -0.137. The molecule has 6 nitrogen and oxygen atoms in total. The summed E-state index contributed by atoms with van der Waals surface area (Å²) in [6, 6.07) is 3.30. The Morgan fingerprint density at radius 2 is 2.17 bits per heavy atom. The highest BCUT2D eigenvalue weighted by Crippen LogP contribution is 2.40. The molecule has 2 rings (SSSR count). The number of hydrogen-bond acceptors (Lipinski definition) is 5. The van der Waals surface area contributed by atoms with E-state index in [9.17, 15) is 22.7 Å². The van der Waals surface area contributed by atoms with Gasteiger partial charge in [-0.25, -0.2) is 17.6 Å². The minimum absolute atomic E-state index is 0.306. The Kier molecular flexibility index (Phi) is 4.68. The van der Waals surface area contributed by atoms with Gasteiger partial charge in [0, 0.05) is 23.8 Å². The van der Waals surface area contributed by atoms with Crippen LogP contribution >= 0.6 is 0 Å². The molecule has 0 saturated carbocycles. The van der Waals surface area contributed by atoms with Gasteiger partial charge in [0.2, 0.25) is 5.37 Å². The number of halogens is 1. The van der Waals surface area contributed by atoms with Gasteiger partial charge in [-0.05, 0) is 32.0 Å². The molecule has 0 bridgehead atoms. The standard InChI is InChI=1S/C15H20FNO5S/c1-4-23(20,21)13(14(18)19)17-11-8-15(2,3)22-12-6-5-9(16)7-10(11)12/h5-7,11,13,17H,4,8H2,1-3H3,(H,18,19). The van der Waals surface area contributed by atoms with Gasteiger partial charge in [0.1, 0.15) is 17.2 Å². The van der Waals surface area contributed by atoms with Gasteiger partial charge in [0.05, 0.1) is 0 Å². The van der Waals surface area contributed by atoms with Crippen LogP contribution in [0, 0.1) is 5.82 Å². The van der Waals surface area contributed by atoms with Crippen molar-refractivity contribution >= 4 is 15.8 Å². The summed E-state index contributed by atoms with van der Waals surface area (Å²) in [7, 11) is -3.85. The zero-order valence-electron chi connectivity index (χ0n) is 13.2. The van der Waals surface area contributed by atoms with Crippen molar-refractivity contribution in [3.63, 3.8) is 0 Å². The Morgan fingerprint density at radius 1 is 1.52 bits per heavy atom. The molecule has 2 unspecified atom stereocenters. The van der Waals surface area contributed by atoms with E-state index in [2.05, 4.69) is 5.32 Å². The molecule has 0 spiro atoms. The van der Waals surface area contributed by atoms with Crippen molar-refractivity contribution in [1.82, 2.24) is 5.32 Å². The van der Waals surface area contributed by atoms with Crippen molar-refractivity contribution in [3.8, 4) is 5.75 Å².